The van der Waals surface area contributed by atoms with E-state index in [1.54, 1.807) is 0 Å². The van der Waals surface area contributed by atoms with Gasteiger partial charge in [-0.25, -0.2) is 4.57 Å². The summed E-state index contributed by atoms with van der Waals surface area (Å²) < 4.78 is 32.5. The standard InChI is InChI=1S/C15H34NO6P/c1-3-5-7-10-19-13-15(20-11-8-6-4-2)14-22-23(17,18)21-12-9-16/h15H,3-14,16H2,1-2H3,(H,17,18). The molecule has 0 saturated carbocycles. The van der Waals surface area contributed by atoms with Gasteiger partial charge in [0.25, 0.3) is 0 Å². The Labute approximate surface area is 140 Å². The molecule has 3 N–H and O–H groups in total. The van der Waals surface area contributed by atoms with Crippen LogP contribution in [0.5, 0.6) is 0 Å². The van der Waals surface area contributed by atoms with Crippen LogP contribution in [0.4, 0.5) is 0 Å². The van der Waals surface area contributed by atoms with Gasteiger partial charge < -0.3 is 20.1 Å². The second kappa shape index (κ2) is 15.5. The molecule has 0 bridgehead atoms. The van der Waals surface area contributed by atoms with Crippen LogP contribution in [-0.4, -0.2) is 50.6 Å². The van der Waals surface area contributed by atoms with Gasteiger partial charge in [-0.3, -0.25) is 9.05 Å². The average Bonchev–Trinajstić information content (AvgIpc) is 2.53. The second-order valence-corrected chi connectivity index (χ2v) is 6.82. The van der Waals surface area contributed by atoms with Crippen LogP contribution in [-0.2, 0) is 23.1 Å². The van der Waals surface area contributed by atoms with Crippen molar-refractivity contribution < 1.29 is 28.0 Å². The predicted molar refractivity (Wildman–Crippen MR) is 90.4 cm³/mol. The van der Waals surface area contributed by atoms with Gasteiger partial charge in [0.05, 0.1) is 19.8 Å². The molecule has 0 aliphatic heterocycles. The summed E-state index contributed by atoms with van der Waals surface area (Å²) >= 11 is 0. The van der Waals surface area contributed by atoms with Crippen LogP contribution in [0, 0.1) is 0 Å². The van der Waals surface area contributed by atoms with E-state index in [1.807, 2.05) is 0 Å². The van der Waals surface area contributed by atoms with Gasteiger partial charge in [-0.1, -0.05) is 39.5 Å². The number of unbranched alkanes of at least 4 members (excludes halogenated alkanes) is 4. The number of phosphoric acid groups is 1. The lowest BCUT2D eigenvalue weighted by Gasteiger charge is -2.20. The molecule has 0 aromatic rings. The third-order valence-electron chi connectivity index (χ3n) is 3.09. The maximum Gasteiger partial charge on any atom is 0.472 e. The van der Waals surface area contributed by atoms with Gasteiger partial charge in [0.1, 0.15) is 6.10 Å². The molecule has 0 aliphatic carbocycles. The molecule has 0 radical (unpaired) electrons. The SMILES string of the molecule is CCCCCOCC(COP(=O)(O)OCCN)OCCCCC. The Kier molecular flexibility index (Phi) is 15.5. The lowest BCUT2D eigenvalue weighted by atomic mass is 10.2. The van der Waals surface area contributed by atoms with Gasteiger partial charge >= 0.3 is 7.82 Å². The van der Waals surface area contributed by atoms with Crippen molar-refractivity contribution in [2.45, 2.75) is 58.5 Å². The molecule has 0 fully saturated rings. The Hall–Kier alpha value is -0.0100. The highest BCUT2D eigenvalue weighted by molar-refractivity contribution is 7.47. The first-order chi connectivity index (χ1) is 11.1. The van der Waals surface area contributed by atoms with E-state index >= 15 is 0 Å². The van der Waals surface area contributed by atoms with Crippen molar-refractivity contribution >= 4 is 7.82 Å². The monoisotopic (exact) mass is 355 g/mol. The summed E-state index contributed by atoms with van der Waals surface area (Å²) in [6.45, 7) is 5.92. The summed E-state index contributed by atoms with van der Waals surface area (Å²) in [5.74, 6) is 0. The first kappa shape index (κ1) is 23.0. The Morgan fingerprint density at radius 2 is 1.61 bits per heavy atom. The summed E-state index contributed by atoms with van der Waals surface area (Å²) in [6, 6.07) is 0. The lowest BCUT2D eigenvalue weighted by molar-refractivity contribution is -0.0442. The third kappa shape index (κ3) is 15.3. The smallest absolute Gasteiger partial charge is 0.379 e. The molecule has 0 aromatic heterocycles. The Bertz CT molecular complexity index is 306. The molecular formula is C15H34NO6P. The van der Waals surface area contributed by atoms with E-state index < -0.39 is 7.82 Å². The maximum atomic E-state index is 11.6. The van der Waals surface area contributed by atoms with Gasteiger partial charge in [-0.15, -0.1) is 0 Å². The van der Waals surface area contributed by atoms with Crippen LogP contribution in [0.25, 0.3) is 0 Å². The minimum absolute atomic E-state index is 0.0245. The number of hydrogen-bond acceptors (Lipinski definition) is 6. The highest BCUT2D eigenvalue weighted by Crippen LogP contribution is 2.42. The van der Waals surface area contributed by atoms with Crippen molar-refractivity contribution in [3.05, 3.63) is 0 Å². The summed E-state index contributed by atoms with van der Waals surface area (Å²) in [6.07, 6.45) is 6.02. The third-order valence-corrected chi connectivity index (χ3v) is 4.08. The second-order valence-electron chi connectivity index (χ2n) is 5.37. The van der Waals surface area contributed by atoms with Gasteiger partial charge in [-0.2, -0.15) is 0 Å². The fourth-order valence-corrected chi connectivity index (χ4v) is 2.56. The minimum atomic E-state index is -4.07. The van der Waals surface area contributed by atoms with E-state index in [4.69, 9.17) is 24.3 Å². The Morgan fingerprint density at radius 3 is 2.22 bits per heavy atom. The molecule has 0 heterocycles. The van der Waals surface area contributed by atoms with E-state index in [1.165, 1.54) is 0 Å². The first-order valence-electron chi connectivity index (χ1n) is 8.57. The van der Waals surface area contributed by atoms with E-state index in [0.29, 0.717) is 19.8 Å². The number of rotatable bonds is 17. The molecule has 0 spiro atoms. The Morgan fingerprint density at radius 1 is 0.957 bits per heavy atom. The van der Waals surface area contributed by atoms with E-state index in [9.17, 15) is 9.46 Å². The van der Waals surface area contributed by atoms with E-state index in [2.05, 4.69) is 13.8 Å². The summed E-state index contributed by atoms with van der Waals surface area (Å²) in [4.78, 5) is 9.50. The topological polar surface area (TPSA) is 100 Å². The summed E-state index contributed by atoms with van der Waals surface area (Å²) in [5.41, 5.74) is 5.23. The van der Waals surface area contributed by atoms with Crippen molar-refractivity contribution in [1.29, 1.82) is 0 Å². The molecular weight excluding hydrogens is 321 g/mol. The molecule has 2 atom stereocenters. The van der Waals surface area contributed by atoms with Crippen molar-refractivity contribution in [3.8, 4) is 0 Å². The maximum absolute atomic E-state index is 11.6. The zero-order valence-corrected chi connectivity index (χ0v) is 15.5. The largest absolute Gasteiger partial charge is 0.472 e. The van der Waals surface area contributed by atoms with E-state index in [-0.39, 0.29) is 25.9 Å². The summed E-state index contributed by atoms with van der Waals surface area (Å²) in [7, 11) is -4.07. The normalized spacial score (nSPS) is 15.5. The minimum Gasteiger partial charge on any atom is -0.379 e. The fourth-order valence-electron chi connectivity index (χ4n) is 1.80. The van der Waals surface area contributed by atoms with Crippen molar-refractivity contribution in [2.24, 2.45) is 5.73 Å². The number of ether oxygens (including phenoxy) is 2. The lowest BCUT2D eigenvalue weighted by Crippen LogP contribution is -2.26. The van der Waals surface area contributed by atoms with Gasteiger partial charge in [-0.05, 0) is 12.8 Å². The molecule has 2 unspecified atom stereocenters. The number of nitrogens with two attached hydrogens (primary N) is 1. The van der Waals surface area contributed by atoms with Gasteiger partial charge in [0, 0.05) is 19.8 Å². The number of hydrogen-bond donors (Lipinski definition) is 2. The van der Waals surface area contributed by atoms with Crippen molar-refractivity contribution in [1.82, 2.24) is 0 Å². The highest BCUT2D eigenvalue weighted by atomic mass is 31.2. The fraction of sp³-hybridized carbons (Fsp3) is 1.00. The van der Waals surface area contributed by atoms with Gasteiger partial charge in [0.2, 0.25) is 0 Å². The van der Waals surface area contributed by atoms with Crippen LogP contribution in [0.3, 0.4) is 0 Å². The zero-order chi connectivity index (χ0) is 17.4. The first-order valence-corrected chi connectivity index (χ1v) is 10.1. The molecule has 0 saturated heterocycles. The molecule has 0 aromatic carbocycles. The zero-order valence-electron chi connectivity index (χ0n) is 14.6. The molecule has 7 nitrogen and oxygen atoms in total. The average molecular weight is 355 g/mol. The van der Waals surface area contributed by atoms with Gasteiger partial charge in [0.15, 0.2) is 0 Å². The predicted octanol–water partition coefficient (Wildman–Crippen LogP) is 2.86. The number of phosphoric ester groups is 1. The van der Waals surface area contributed by atoms with Crippen LogP contribution in [0.1, 0.15) is 52.4 Å². The van der Waals surface area contributed by atoms with E-state index in [0.717, 1.165) is 38.5 Å². The van der Waals surface area contributed by atoms with Crippen LogP contribution < -0.4 is 5.73 Å². The quantitative estimate of drug-likeness (QED) is 0.306. The molecule has 140 valence electrons. The van der Waals surface area contributed by atoms with Crippen molar-refractivity contribution in [2.75, 3.05) is 39.6 Å². The Balaban J connectivity index is 4.10. The van der Waals surface area contributed by atoms with Crippen LogP contribution in [0.2, 0.25) is 0 Å². The molecule has 0 rings (SSSR count). The highest BCUT2D eigenvalue weighted by Gasteiger charge is 2.23. The molecule has 0 amide bonds. The van der Waals surface area contributed by atoms with Crippen LogP contribution in [0.15, 0.2) is 0 Å². The molecule has 23 heavy (non-hydrogen) atoms. The van der Waals surface area contributed by atoms with Crippen LogP contribution >= 0.6 is 7.82 Å². The summed E-state index contributed by atoms with van der Waals surface area (Å²) in [5, 5.41) is 0. The van der Waals surface area contributed by atoms with Crippen molar-refractivity contribution in [3.63, 3.8) is 0 Å². The molecule has 8 heteroatoms. The molecule has 0 aliphatic rings.